The summed E-state index contributed by atoms with van der Waals surface area (Å²) in [6.45, 7) is 6.56. The van der Waals surface area contributed by atoms with Crippen molar-refractivity contribution in [3.8, 4) is 11.1 Å². The quantitative estimate of drug-likeness (QED) is 0.812. The van der Waals surface area contributed by atoms with Gasteiger partial charge in [-0.15, -0.1) is 0 Å². The highest BCUT2D eigenvalue weighted by atomic mass is 16.5. The number of fused-ring (bicyclic) bond motifs is 1. The molecule has 2 aromatic rings. The van der Waals surface area contributed by atoms with Crippen LogP contribution in [0.25, 0.3) is 11.1 Å². The highest BCUT2D eigenvalue weighted by Gasteiger charge is 2.20. The van der Waals surface area contributed by atoms with Gasteiger partial charge in [0.15, 0.2) is 5.78 Å². The van der Waals surface area contributed by atoms with Gasteiger partial charge in [0.25, 0.3) is 0 Å². The van der Waals surface area contributed by atoms with Gasteiger partial charge >= 0.3 is 0 Å². The lowest BCUT2D eigenvalue weighted by molar-refractivity contribution is 0.0939. The summed E-state index contributed by atoms with van der Waals surface area (Å²) in [6, 6.07) is 12.2. The first-order valence-corrected chi connectivity index (χ1v) is 8.71. The third-order valence-electron chi connectivity index (χ3n) is 4.52. The molecule has 4 heteroatoms. The van der Waals surface area contributed by atoms with E-state index in [0.717, 1.165) is 40.0 Å². The van der Waals surface area contributed by atoms with Crippen molar-refractivity contribution in [2.45, 2.75) is 27.2 Å². The third kappa shape index (κ3) is 3.29. The summed E-state index contributed by atoms with van der Waals surface area (Å²) < 4.78 is 5.21. The molecule has 1 N–H and O–H groups in total. The van der Waals surface area contributed by atoms with Gasteiger partial charge < -0.3 is 10.1 Å². The number of rotatable bonds is 4. The molecule has 0 amide bonds. The molecule has 0 unspecified atom stereocenters. The van der Waals surface area contributed by atoms with Crippen LogP contribution in [-0.4, -0.2) is 25.3 Å². The second-order valence-electron chi connectivity index (χ2n) is 6.51. The lowest BCUT2D eigenvalue weighted by Gasteiger charge is -2.19. The maximum atomic E-state index is 12.8. The van der Waals surface area contributed by atoms with E-state index in [-0.39, 0.29) is 11.7 Å². The Hall–Kier alpha value is -2.62. The van der Waals surface area contributed by atoms with Gasteiger partial charge in [-0.05, 0) is 35.2 Å². The number of hydrogen-bond donors (Lipinski definition) is 1. The van der Waals surface area contributed by atoms with E-state index in [2.05, 4.69) is 23.3 Å². The van der Waals surface area contributed by atoms with Crippen molar-refractivity contribution in [2.75, 3.05) is 19.0 Å². The number of aliphatic imine (C=N–C) groups is 1. The molecular weight excluding hydrogens is 312 g/mol. The zero-order chi connectivity index (χ0) is 18.0. The number of methoxy groups -OCH3 is 1. The van der Waals surface area contributed by atoms with Crippen LogP contribution in [0.4, 0.5) is 11.4 Å². The molecular formula is C21H24N2O2. The molecule has 130 valence electrons. The van der Waals surface area contributed by atoms with Crippen LogP contribution >= 0.6 is 0 Å². The van der Waals surface area contributed by atoms with E-state index in [1.807, 2.05) is 44.2 Å². The Morgan fingerprint density at radius 3 is 2.76 bits per heavy atom. The number of ketones is 1. The number of carbonyl (C=O) groups excluding carboxylic acids is 1. The van der Waals surface area contributed by atoms with Crippen molar-refractivity contribution in [1.82, 2.24) is 0 Å². The van der Waals surface area contributed by atoms with Gasteiger partial charge in [0.2, 0.25) is 5.90 Å². The lowest BCUT2D eigenvalue weighted by atomic mass is 9.87. The van der Waals surface area contributed by atoms with Crippen LogP contribution in [0.1, 0.15) is 36.7 Å². The molecule has 1 aliphatic rings. The van der Waals surface area contributed by atoms with Crippen LogP contribution in [0.5, 0.6) is 0 Å². The third-order valence-corrected chi connectivity index (χ3v) is 4.52. The summed E-state index contributed by atoms with van der Waals surface area (Å²) in [5.41, 5.74) is 5.78. The summed E-state index contributed by atoms with van der Waals surface area (Å²) in [5.74, 6) is 0.831. The molecule has 0 fully saturated rings. The fourth-order valence-corrected chi connectivity index (χ4v) is 3.12. The average molecular weight is 336 g/mol. The summed E-state index contributed by atoms with van der Waals surface area (Å²) in [7, 11) is 1.62. The molecule has 0 aromatic heterocycles. The van der Waals surface area contributed by atoms with Gasteiger partial charge in [0, 0.05) is 11.5 Å². The molecule has 4 nitrogen and oxygen atoms in total. The number of benzene rings is 2. The van der Waals surface area contributed by atoms with Crippen LogP contribution in [0.15, 0.2) is 41.4 Å². The topological polar surface area (TPSA) is 50.7 Å². The van der Waals surface area contributed by atoms with Crippen LogP contribution in [0.2, 0.25) is 0 Å². The maximum absolute atomic E-state index is 12.8. The number of Topliss-reactive ketones (excluding diaryl/α,β-unsaturated/α-hetero) is 1. The molecule has 0 bridgehead atoms. The Kier molecular flexibility index (Phi) is 4.88. The van der Waals surface area contributed by atoms with Gasteiger partial charge in [-0.2, -0.15) is 0 Å². The van der Waals surface area contributed by atoms with Gasteiger partial charge in [0.1, 0.15) is 0 Å². The van der Waals surface area contributed by atoms with E-state index < -0.39 is 0 Å². The summed E-state index contributed by atoms with van der Waals surface area (Å²) in [5, 5.41) is 3.33. The van der Waals surface area contributed by atoms with Crippen molar-refractivity contribution in [3.63, 3.8) is 0 Å². The minimum absolute atomic E-state index is 0.0314. The molecule has 0 aliphatic carbocycles. The molecule has 0 atom stereocenters. The number of ether oxygens (including phenoxy) is 1. The van der Waals surface area contributed by atoms with Crippen molar-refractivity contribution in [3.05, 3.63) is 47.5 Å². The number of aryl methyl sites for hydroxylation is 1. The van der Waals surface area contributed by atoms with Crippen LogP contribution in [-0.2, 0) is 11.2 Å². The molecule has 0 radical (unpaired) electrons. The molecule has 0 saturated carbocycles. The van der Waals surface area contributed by atoms with Crippen LogP contribution in [0.3, 0.4) is 0 Å². The van der Waals surface area contributed by atoms with Gasteiger partial charge in [-0.1, -0.05) is 45.0 Å². The van der Waals surface area contributed by atoms with Crippen molar-refractivity contribution >= 4 is 23.1 Å². The second kappa shape index (κ2) is 7.09. The predicted octanol–water partition coefficient (Wildman–Crippen LogP) is 4.86. The first kappa shape index (κ1) is 17.2. The predicted molar refractivity (Wildman–Crippen MR) is 103 cm³/mol. The Morgan fingerprint density at radius 1 is 1.28 bits per heavy atom. The van der Waals surface area contributed by atoms with Gasteiger partial charge in [-0.3, -0.25) is 4.79 Å². The highest BCUT2D eigenvalue weighted by Crippen LogP contribution is 2.35. The number of carbonyl (C=O) groups is 1. The summed E-state index contributed by atoms with van der Waals surface area (Å²) in [6.07, 6.45) is 0.840. The van der Waals surface area contributed by atoms with Crippen molar-refractivity contribution in [2.24, 2.45) is 10.9 Å². The zero-order valence-corrected chi connectivity index (χ0v) is 15.2. The highest BCUT2D eigenvalue weighted by molar-refractivity contribution is 6.05. The zero-order valence-electron chi connectivity index (χ0n) is 15.2. The Balaban J connectivity index is 2.12. The first-order chi connectivity index (χ1) is 12.0. The molecule has 2 aromatic carbocycles. The van der Waals surface area contributed by atoms with E-state index in [0.29, 0.717) is 12.4 Å². The fourth-order valence-electron chi connectivity index (χ4n) is 3.12. The van der Waals surface area contributed by atoms with E-state index in [4.69, 9.17) is 4.74 Å². The Bertz CT molecular complexity index is 838. The fraction of sp³-hybridized carbons (Fsp3) is 0.333. The van der Waals surface area contributed by atoms with E-state index in [1.54, 1.807) is 7.11 Å². The summed E-state index contributed by atoms with van der Waals surface area (Å²) in [4.78, 5) is 17.3. The van der Waals surface area contributed by atoms with Crippen LogP contribution in [0, 0.1) is 5.92 Å². The molecule has 25 heavy (non-hydrogen) atoms. The maximum Gasteiger partial charge on any atom is 0.208 e. The number of hydrogen-bond acceptors (Lipinski definition) is 4. The van der Waals surface area contributed by atoms with Gasteiger partial charge in [0.05, 0.1) is 25.0 Å². The molecule has 1 heterocycles. The van der Waals surface area contributed by atoms with Crippen LogP contribution < -0.4 is 5.32 Å². The minimum Gasteiger partial charge on any atom is -0.483 e. The molecule has 3 rings (SSSR count). The average Bonchev–Trinajstić information content (AvgIpc) is 2.65. The first-order valence-electron chi connectivity index (χ1n) is 8.71. The second-order valence-corrected chi connectivity index (χ2v) is 6.51. The lowest BCUT2D eigenvalue weighted by Crippen LogP contribution is -2.19. The Morgan fingerprint density at radius 2 is 2.08 bits per heavy atom. The number of anilines is 1. The molecule has 1 aliphatic heterocycles. The largest absolute Gasteiger partial charge is 0.483 e. The monoisotopic (exact) mass is 336 g/mol. The van der Waals surface area contributed by atoms with E-state index in [9.17, 15) is 4.79 Å². The Labute approximate surface area is 148 Å². The normalized spacial score (nSPS) is 13.1. The van der Waals surface area contributed by atoms with E-state index >= 15 is 0 Å². The molecule has 0 spiro atoms. The van der Waals surface area contributed by atoms with Crippen molar-refractivity contribution in [1.29, 1.82) is 0 Å². The smallest absolute Gasteiger partial charge is 0.208 e. The summed E-state index contributed by atoms with van der Waals surface area (Å²) >= 11 is 0. The SMILES string of the molecule is CCc1cccc(-c2ccc3c(c2)NCC(OC)=N3)c1C(=O)C(C)C. The standard InChI is InChI=1S/C21H24N2O2/c1-5-14-7-6-8-16(20(14)21(24)13(2)3)15-9-10-17-18(11-15)22-12-19(23-17)25-4/h6-11,13,22H,5,12H2,1-4H3. The number of nitrogens with zero attached hydrogens (tertiary/aromatic N) is 1. The minimum atomic E-state index is -0.0314. The van der Waals surface area contributed by atoms with Crippen molar-refractivity contribution < 1.29 is 9.53 Å². The van der Waals surface area contributed by atoms with Gasteiger partial charge in [-0.25, -0.2) is 4.99 Å². The molecule has 0 saturated heterocycles. The number of nitrogens with one attached hydrogen (secondary N) is 1. The van der Waals surface area contributed by atoms with E-state index in [1.165, 1.54) is 0 Å².